The number of halogens is 1. The number of nitrogens with one attached hydrogen (secondary N) is 1. The van der Waals surface area contributed by atoms with Gasteiger partial charge in [0, 0.05) is 10.7 Å². The Morgan fingerprint density at radius 3 is 2.89 bits per heavy atom. The molecule has 1 heterocycles. The van der Waals surface area contributed by atoms with E-state index in [1.165, 1.54) is 7.11 Å². The Balaban J connectivity index is 2.12. The minimum atomic E-state index is -0.506. The van der Waals surface area contributed by atoms with Crippen LogP contribution in [0.1, 0.15) is 19.8 Å². The molecular formula is C14H18ClNO3. The Bertz CT molecular complexity index is 452. The van der Waals surface area contributed by atoms with E-state index in [1.54, 1.807) is 12.1 Å². The predicted molar refractivity (Wildman–Crippen MR) is 74.4 cm³/mol. The molecule has 4 nitrogen and oxygen atoms in total. The molecule has 0 radical (unpaired) electrons. The second kappa shape index (κ2) is 6.26. The number of hydrogen-bond acceptors (Lipinski definition) is 4. The van der Waals surface area contributed by atoms with Gasteiger partial charge >= 0.3 is 5.97 Å². The maximum Gasteiger partial charge on any atom is 0.331 e. The van der Waals surface area contributed by atoms with Crippen molar-refractivity contribution < 1.29 is 14.3 Å². The summed E-state index contributed by atoms with van der Waals surface area (Å²) in [5.74, 6) is -0.320. The van der Waals surface area contributed by atoms with Gasteiger partial charge in [-0.1, -0.05) is 17.7 Å². The molecule has 1 aromatic carbocycles. The molecule has 0 bridgehead atoms. The lowest BCUT2D eigenvalue weighted by atomic mass is 10.1. The molecule has 0 aromatic heterocycles. The van der Waals surface area contributed by atoms with E-state index in [1.807, 2.05) is 19.1 Å². The third-order valence-electron chi connectivity index (χ3n) is 3.24. The van der Waals surface area contributed by atoms with E-state index < -0.39 is 6.04 Å². The first kappa shape index (κ1) is 14.2. The van der Waals surface area contributed by atoms with Gasteiger partial charge in [-0.3, -0.25) is 0 Å². The molecule has 3 unspecified atom stereocenters. The zero-order chi connectivity index (χ0) is 13.8. The van der Waals surface area contributed by atoms with E-state index in [0.717, 1.165) is 18.5 Å². The van der Waals surface area contributed by atoms with Crippen molar-refractivity contribution in [3.63, 3.8) is 0 Å². The Morgan fingerprint density at radius 1 is 1.53 bits per heavy atom. The highest BCUT2D eigenvalue weighted by Gasteiger charge is 2.35. The number of rotatable bonds is 4. The lowest BCUT2D eigenvalue weighted by Crippen LogP contribution is -2.41. The van der Waals surface area contributed by atoms with Crippen molar-refractivity contribution in [2.45, 2.75) is 38.0 Å². The Hall–Kier alpha value is -1.26. The summed E-state index contributed by atoms with van der Waals surface area (Å²) >= 11 is 5.94. The summed E-state index contributed by atoms with van der Waals surface area (Å²) in [6, 6.07) is 6.75. The van der Waals surface area contributed by atoms with Gasteiger partial charge in [-0.05, 0) is 38.0 Å². The monoisotopic (exact) mass is 283 g/mol. The number of hydrogen-bond donors (Lipinski definition) is 1. The molecule has 0 amide bonds. The van der Waals surface area contributed by atoms with Crippen molar-refractivity contribution in [2.75, 3.05) is 12.4 Å². The quantitative estimate of drug-likeness (QED) is 0.863. The number of methoxy groups -OCH3 is 1. The smallest absolute Gasteiger partial charge is 0.331 e. The van der Waals surface area contributed by atoms with Gasteiger partial charge in [0.05, 0.1) is 19.3 Å². The highest BCUT2D eigenvalue weighted by atomic mass is 35.5. The third-order valence-corrected chi connectivity index (χ3v) is 3.47. The SMILES string of the molecule is COC(=O)C(Nc1cccc(Cl)c1)C1CCC(C)O1. The van der Waals surface area contributed by atoms with Crippen LogP contribution in [0, 0.1) is 0 Å². The first-order valence-electron chi connectivity index (χ1n) is 6.35. The minimum Gasteiger partial charge on any atom is -0.467 e. The van der Waals surface area contributed by atoms with Gasteiger partial charge in [-0.25, -0.2) is 4.79 Å². The first-order valence-corrected chi connectivity index (χ1v) is 6.73. The lowest BCUT2D eigenvalue weighted by molar-refractivity contribution is -0.144. The molecular weight excluding hydrogens is 266 g/mol. The van der Waals surface area contributed by atoms with Crippen LogP contribution in [0.3, 0.4) is 0 Å². The van der Waals surface area contributed by atoms with E-state index in [2.05, 4.69) is 5.32 Å². The Morgan fingerprint density at radius 2 is 2.32 bits per heavy atom. The second-order valence-corrected chi connectivity index (χ2v) is 5.15. The molecule has 104 valence electrons. The number of carbonyl (C=O) groups excluding carboxylic acids is 1. The van der Waals surface area contributed by atoms with Crippen LogP contribution < -0.4 is 5.32 Å². The molecule has 5 heteroatoms. The van der Waals surface area contributed by atoms with Crippen molar-refractivity contribution in [1.82, 2.24) is 0 Å². The molecule has 1 aliphatic heterocycles. The van der Waals surface area contributed by atoms with E-state index in [0.29, 0.717) is 5.02 Å². The average Bonchev–Trinajstić information content (AvgIpc) is 2.81. The molecule has 19 heavy (non-hydrogen) atoms. The number of benzene rings is 1. The maximum atomic E-state index is 11.9. The Kier molecular flexibility index (Phi) is 4.66. The summed E-state index contributed by atoms with van der Waals surface area (Å²) in [5, 5.41) is 3.77. The van der Waals surface area contributed by atoms with Crippen molar-refractivity contribution in [1.29, 1.82) is 0 Å². The molecule has 1 aromatic rings. The van der Waals surface area contributed by atoms with E-state index in [9.17, 15) is 4.79 Å². The van der Waals surface area contributed by atoms with Crippen LogP contribution in [-0.4, -0.2) is 31.3 Å². The van der Waals surface area contributed by atoms with E-state index in [4.69, 9.17) is 21.1 Å². The van der Waals surface area contributed by atoms with Crippen LogP contribution in [0.2, 0.25) is 5.02 Å². The minimum absolute atomic E-state index is 0.165. The summed E-state index contributed by atoms with van der Waals surface area (Å²) in [4.78, 5) is 11.9. The summed E-state index contributed by atoms with van der Waals surface area (Å²) in [7, 11) is 1.38. The maximum absolute atomic E-state index is 11.9. The molecule has 3 atom stereocenters. The lowest BCUT2D eigenvalue weighted by Gasteiger charge is -2.23. The van der Waals surface area contributed by atoms with Crippen molar-refractivity contribution in [2.24, 2.45) is 0 Å². The standard InChI is InChI=1S/C14H18ClNO3/c1-9-6-7-12(19-9)13(14(17)18-2)16-11-5-3-4-10(15)8-11/h3-5,8-9,12-13,16H,6-7H2,1-2H3. The van der Waals surface area contributed by atoms with Gasteiger partial charge < -0.3 is 14.8 Å². The normalized spacial score (nSPS) is 23.9. The summed E-state index contributed by atoms with van der Waals surface area (Å²) in [6.45, 7) is 2.01. The molecule has 0 spiro atoms. The summed E-state index contributed by atoms with van der Waals surface area (Å²) < 4.78 is 10.6. The fourth-order valence-electron chi connectivity index (χ4n) is 2.27. The first-order chi connectivity index (χ1) is 9.10. The zero-order valence-corrected chi connectivity index (χ0v) is 11.8. The predicted octanol–water partition coefficient (Wildman–Crippen LogP) is 2.86. The van der Waals surface area contributed by atoms with E-state index >= 15 is 0 Å². The molecule has 1 fully saturated rings. The molecule has 1 aliphatic rings. The number of esters is 1. The number of carbonyl (C=O) groups is 1. The largest absolute Gasteiger partial charge is 0.467 e. The molecule has 2 rings (SSSR count). The highest BCUT2D eigenvalue weighted by molar-refractivity contribution is 6.30. The van der Waals surface area contributed by atoms with Crippen LogP contribution in [-0.2, 0) is 14.3 Å². The van der Waals surface area contributed by atoms with Crippen LogP contribution in [0.15, 0.2) is 24.3 Å². The van der Waals surface area contributed by atoms with Gasteiger partial charge in [-0.2, -0.15) is 0 Å². The molecule has 1 saturated heterocycles. The summed E-state index contributed by atoms with van der Waals surface area (Å²) in [5.41, 5.74) is 0.783. The molecule has 1 N–H and O–H groups in total. The fourth-order valence-corrected chi connectivity index (χ4v) is 2.46. The number of anilines is 1. The van der Waals surface area contributed by atoms with Gasteiger partial charge in [0.2, 0.25) is 0 Å². The van der Waals surface area contributed by atoms with Crippen molar-refractivity contribution >= 4 is 23.3 Å². The van der Waals surface area contributed by atoms with Crippen molar-refractivity contribution in [3.05, 3.63) is 29.3 Å². The van der Waals surface area contributed by atoms with Crippen LogP contribution in [0.25, 0.3) is 0 Å². The van der Waals surface area contributed by atoms with E-state index in [-0.39, 0.29) is 18.2 Å². The van der Waals surface area contributed by atoms with Gasteiger partial charge in [-0.15, -0.1) is 0 Å². The van der Waals surface area contributed by atoms with Crippen molar-refractivity contribution in [3.8, 4) is 0 Å². The zero-order valence-electron chi connectivity index (χ0n) is 11.1. The third kappa shape index (κ3) is 3.61. The van der Waals surface area contributed by atoms with Gasteiger partial charge in [0.15, 0.2) is 6.04 Å². The molecule has 0 saturated carbocycles. The summed E-state index contributed by atoms with van der Waals surface area (Å²) in [6.07, 6.45) is 1.81. The molecule has 0 aliphatic carbocycles. The number of ether oxygens (including phenoxy) is 2. The topological polar surface area (TPSA) is 47.6 Å². The van der Waals surface area contributed by atoms with Gasteiger partial charge in [0.1, 0.15) is 0 Å². The fraction of sp³-hybridized carbons (Fsp3) is 0.500. The Labute approximate surface area is 118 Å². The second-order valence-electron chi connectivity index (χ2n) is 4.72. The van der Waals surface area contributed by atoms with Gasteiger partial charge in [0.25, 0.3) is 0 Å². The van der Waals surface area contributed by atoms with Crippen LogP contribution >= 0.6 is 11.6 Å². The highest BCUT2D eigenvalue weighted by Crippen LogP contribution is 2.25. The van der Waals surface area contributed by atoms with Crippen LogP contribution in [0.4, 0.5) is 5.69 Å². The van der Waals surface area contributed by atoms with Crippen LogP contribution in [0.5, 0.6) is 0 Å². The average molecular weight is 284 g/mol.